The Morgan fingerprint density at radius 3 is 2.54 bits per heavy atom. The predicted molar refractivity (Wildman–Crippen MR) is 101 cm³/mol. The number of hydrogen-bond donors (Lipinski definition) is 2. The zero-order valence-electron chi connectivity index (χ0n) is 15.5. The fourth-order valence-electron chi connectivity index (χ4n) is 3.82. The van der Waals surface area contributed by atoms with Crippen molar-refractivity contribution in [2.75, 3.05) is 26.9 Å². The van der Waals surface area contributed by atoms with Crippen LogP contribution in [0.3, 0.4) is 0 Å². The van der Waals surface area contributed by atoms with Gasteiger partial charge in [-0.25, -0.2) is 4.98 Å². The van der Waals surface area contributed by atoms with E-state index in [1.54, 1.807) is 6.07 Å². The van der Waals surface area contributed by atoms with E-state index in [4.69, 9.17) is 4.74 Å². The molecule has 7 heteroatoms. The van der Waals surface area contributed by atoms with Crippen molar-refractivity contribution in [2.24, 2.45) is 11.8 Å². The summed E-state index contributed by atoms with van der Waals surface area (Å²) >= 11 is 0. The smallest absolute Gasteiger partial charge is 0.269 e. The van der Waals surface area contributed by atoms with Gasteiger partial charge in [0, 0.05) is 30.5 Å². The highest BCUT2D eigenvalue weighted by Gasteiger charge is 2.54. The van der Waals surface area contributed by atoms with Crippen molar-refractivity contribution in [1.82, 2.24) is 15.6 Å². The van der Waals surface area contributed by atoms with E-state index in [0.29, 0.717) is 36.3 Å². The lowest BCUT2D eigenvalue weighted by molar-refractivity contribution is 0.0928. The molecule has 1 aromatic carbocycles. The average Bonchev–Trinajstić information content (AvgIpc) is 3.14. The normalized spacial score (nSPS) is 23.6. The number of alkyl halides is 1. The number of carbonyl (C=O) groups excluding carboxylic acids is 2. The number of benzene rings is 1. The van der Waals surface area contributed by atoms with Gasteiger partial charge in [-0.05, 0) is 17.7 Å². The first-order valence-electron chi connectivity index (χ1n) is 9.36. The average molecular weight is 383 g/mol. The number of nitrogens with one attached hydrogen (secondary N) is 2. The molecule has 1 aromatic heterocycles. The van der Waals surface area contributed by atoms with Gasteiger partial charge in [0.05, 0.1) is 24.8 Å². The molecule has 2 N–H and O–H groups in total. The molecule has 0 bridgehead atoms. The van der Waals surface area contributed by atoms with E-state index in [-0.39, 0.29) is 17.6 Å². The number of fused-ring (bicyclic) bond motifs is 1. The standard InChI is InChI=1S/C21H22FN3O3/c1-23-21(27)18-8-13(20(26)25-19-15-10-28-11-16(15)19)7-17(24-18)14(9-22)12-5-3-2-4-6-12/h2-8,14-16,19H,9-11H2,1H3,(H,23,27)(H,25,26)/t14-,15-,16+,19+/m0/s1. The molecule has 0 spiro atoms. The Labute approximate surface area is 162 Å². The number of hydrogen-bond acceptors (Lipinski definition) is 4. The molecular formula is C21H22FN3O3. The number of pyridine rings is 1. The van der Waals surface area contributed by atoms with Crippen LogP contribution in [-0.2, 0) is 4.74 Å². The summed E-state index contributed by atoms with van der Waals surface area (Å²) in [6, 6.07) is 12.2. The summed E-state index contributed by atoms with van der Waals surface area (Å²) in [4.78, 5) is 29.3. The Bertz CT molecular complexity index is 880. The van der Waals surface area contributed by atoms with Crippen LogP contribution >= 0.6 is 0 Å². The van der Waals surface area contributed by atoms with Crippen molar-refractivity contribution in [3.8, 4) is 0 Å². The molecule has 2 fully saturated rings. The summed E-state index contributed by atoms with van der Waals surface area (Å²) in [5, 5.41) is 5.52. The third kappa shape index (κ3) is 3.49. The van der Waals surface area contributed by atoms with Crippen LogP contribution in [-0.4, -0.2) is 49.8 Å². The van der Waals surface area contributed by atoms with Gasteiger partial charge in [0.25, 0.3) is 11.8 Å². The van der Waals surface area contributed by atoms with Crippen LogP contribution in [0.4, 0.5) is 4.39 Å². The second-order valence-corrected chi connectivity index (χ2v) is 7.23. The Hall–Kier alpha value is -2.80. The van der Waals surface area contributed by atoms with Gasteiger partial charge in [-0.2, -0.15) is 0 Å². The summed E-state index contributed by atoms with van der Waals surface area (Å²) in [7, 11) is 1.49. The zero-order valence-corrected chi connectivity index (χ0v) is 15.5. The minimum atomic E-state index is -0.681. The molecule has 0 radical (unpaired) electrons. The van der Waals surface area contributed by atoms with Gasteiger partial charge >= 0.3 is 0 Å². The topological polar surface area (TPSA) is 80.3 Å². The molecule has 6 nitrogen and oxygen atoms in total. The van der Waals surface area contributed by atoms with Gasteiger partial charge in [-0.15, -0.1) is 0 Å². The molecule has 146 valence electrons. The maximum absolute atomic E-state index is 13.9. The van der Waals surface area contributed by atoms with Crippen molar-refractivity contribution in [1.29, 1.82) is 0 Å². The molecule has 28 heavy (non-hydrogen) atoms. The van der Waals surface area contributed by atoms with Crippen LogP contribution < -0.4 is 10.6 Å². The van der Waals surface area contributed by atoms with E-state index in [1.165, 1.54) is 13.1 Å². The summed E-state index contributed by atoms with van der Waals surface area (Å²) < 4.78 is 19.2. The predicted octanol–water partition coefficient (Wildman–Crippen LogP) is 1.92. The minimum absolute atomic E-state index is 0.0962. The first-order valence-corrected chi connectivity index (χ1v) is 9.36. The van der Waals surface area contributed by atoms with Crippen LogP contribution in [0.15, 0.2) is 42.5 Å². The van der Waals surface area contributed by atoms with E-state index >= 15 is 0 Å². The van der Waals surface area contributed by atoms with Crippen LogP contribution in [0.25, 0.3) is 0 Å². The van der Waals surface area contributed by atoms with E-state index in [9.17, 15) is 14.0 Å². The third-order valence-corrected chi connectivity index (χ3v) is 5.53. The lowest BCUT2D eigenvalue weighted by Crippen LogP contribution is -2.31. The molecule has 0 unspecified atom stereocenters. The van der Waals surface area contributed by atoms with Crippen molar-refractivity contribution < 1.29 is 18.7 Å². The molecule has 4 atom stereocenters. The van der Waals surface area contributed by atoms with Crippen LogP contribution in [0, 0.1) is 11.8 Å². The van der Waals surface area contributed by atoms with Gasteiger partial charge in [-0.1, -0.05) is 30.3 Å². The van der Waals surface area contributed by atoms with E-state index in [1.807, 2.05) is 30.3 Å². The molecule has 4 rings (SSSR count). The molecule has 1 saturated carbocycles. The second kappa shape index (κ2) is 7.67. The van der Waals surface area contributed by atoms with Crippen LogP contribution in [0.1, 0.15) is 38.0 Å². The summed E-state index contributed by atoms with van der Waals surface area (Å²) in [6.45, 7) is 0.649. The van der Waals surface area contributed by atoms with Crippen molar-refractivity contribution in [2.45, 2.75) is 12.0 Å². The van der Waals surface area contributed by atoms with E-state index < -0.39 is 18.5 Å². The quantitative estimate of drug-likeness (QED) is 0.799. The number of ether oxygens (including phenoxy) is 1. The Morgan fingerprint density at radius 1 is 1.18 bits per heavy atom. The number of rotatable bonds is 6. The zero-order chi connectivity index (χ0) is 19.7. The molecule has 2 aromatic rings. The highest BCUT2D eigenvalue weighted by Crippen LogP contribution is 2.44. The SMILES string of the molecule is CNC(=O)c1cc(C(=O)N[C@H]2[C@@H]3COC[C@@H]32)cc([C@@H](CF)c2ccccc2)n1. The summed E-state index contributed by atoms with van der Waals surface area (Å²) in [5.74, 6) is -0.610. The number of nitrogens with zero attached hydrogens (tertiary/aromatic N) is 1. The van der Waals surface area contributed by atoms with Crippen molar-refractivity contribution >= 4 is 11.8 Å². The lowest BCUT2D eigenvalue weighted by atomic mass is 9.95. The van der Waals surface area contributed by atoms with Gasteiger partial charge in [0.2, 0.25) is 0 Å². The van der Waals surface area contributed by atoms with Gasteiger partial charge in [0.1, 0.15) is 12.4 Å². The van der Waals surface area contributed by atoms with Gasteiger partial charge in [-0.3, -0.25) is 14.0 Å². The molecule has 1 aliphatic carbocycles. The molecule has 2 amide bonds. The first-order chi connectivity index (χ1) is 13.6. The Balaban J connectivity index is 1.65. The molecule has 1 saturated heterocycles. The Morgan fingerprint density at radius 2 is 1.89 bits per heavy atom. The minimum Gasteiger partial charge on any atom is -0.381 e. The summed E-state index contributed by atoms with van der Waals surface area (Å²) in [6.07, 6.45) is 0. The van der Waals surface area contributed by atoms with Crippen LogP contribution in [0.5, 0.6) is 0 Å². The fourth-order valence-corrected chi connectivity index (χ4v) is 3.82. The first kappa shape index (κ1) is 18.6. The van der Waals surface area contributed by atoms with E-state index in [2.05, 4.69) is 15.6 Å². The maximum Gasteiger partial charge on any atom is 0.269 e. The van der Waals surface area contributed by atoms with E-state index in [0.717, 1.165) is 5.56 Å². The second-order valence-electron chi connectivity index (χ2n) is 7.23. The third-order valence-electron chi connectivity index (χ3n) is 5.53. The Kier molecular flexibility index (Phi) is 5.09. The molecular weight excluding hydrogens is 361 g/mol. The summed E-state index contributed by atoms with van der Waals surface area (Å²) in [5.41, 5.74) is 1.51. The van der Waals surface area contributed by atoms with Crippen molar-refractivity contribution in [3.05, 3.63) is 65.0 Å². The monoisotopic (exact) mass is 383 g/mol. The maximum atomic E-state index is 13.9. The van der Waals surface area contributed by atoms with Gasteiger partial charge in [0.15, 0.2) is 0 Å². The molecule has 1 aliphatic heterocycles. The highest BCUT2D eigenvalue weighted by atomic mass is 19.1. The number of aromatic nitrogens is 1. The van der Waals surface area contributed by atoms with Crippen LogP contribution in [0.2, 0.25) is 0 Å². The number of carbonyl (C=O) groups is 2. The van der Waals surface area contributed by atoms with Crippen molar-refractivity contribution in [3.63, 3.8) is 0 Å². The highest BCUT2D eigenvalue weighted by molar-refractivity contribution is 5.99. The number of amides is 2. The molecule has 2 aliphatic rings. The lowest BCUT2D eigenvalue weighted by Gasteiger charge is -2.16. The number of halogens is 1. The fraction of sp³-hybridized carbons (Fsp3) is 0.381. The molecule has 2 heterocycles. The van der Waals surface area contributed by atoms with Gasteiger partial charge < -0.3 is 15.4 Å². The largest absolute Gasteiger partial charge is 0.381 e.